The van der Waals surface area contributed by atoms with Crippen LogP contribution in [0.4, 0.5) is 18.9 Å². The van der Waals surface area contributed by atoms with E-state index in [0.29, 0.717) is 17.0 Å². The summed E-state index contributed by atoms with van der Waals surface area (Å²) in [5.74, 6) is 0. The number of anilines is 1. The van der Waals surface area contributed by atoms with Gasteiger partial charge in [0, 0.05) is 5.39 Å². The van der Waals surface area contributed by atoms with Gasteiger partial charge in [-0.1, -0.05) is 29.8 Å². The number of halogens is 4. The Labute approximate surface area is 146 Å². The van der Waals surface area contributed by atoms with Crippen LogP contribution in [0.2, 0.25) is 5.02 Å². The second-order valence-electron chi connectivity index (χ2n) is 5.16. The monoisotopic (exact) mass is 386 g/mol. The highest BCUT2D eigenvalue weighted by atomic mass is 35.5. The van der Waals surface area contributed by atoms with Crippen LogP contribution >= 0.6 is 11.6 Å². The van der Waals surface area contributed by atoms with E-state index in [1.807, 2.05) is 0 Å². The molecule has 130 valence electrons. The van der Waals surface area contributed by atoms with Gasteiger partial charge in [-0.3, -0.25) is 9.71 Å². The van der Waals surface area contributed by atoms with Crippen molar-refractivity contribution in [3.05, 3.63) is 65.3 Å². The Morgan fingerprint density at radius 1 is 1.04 bits per heavy atom. The molecule has 0 saturated heterocycles. The Hall–Kier alpha value is -2.32. The molecule has 3 rings (SSSR count). The lowest BCUT2D eigenvalue weighted by molar-refractivity contribution is -0.137. The van der Waals surface area contributed by atoms with Gasteiger partial charge in [0.1, 0.15) is 0 Å². The third-order valence-corrected chi connectivity index (χ3v) is 5.10. The van der Waals surface area contributed by atoms with Crippen LogP contribution < -0.4 is 4.72 Å². The molecule has 0 spiro atoms. The standard InChI is InChI=1S/C16H10ClF3N2O2S/c17-14-6-5-12(8-13(14)16(18,19)20)25(23,24)22-11-7-10-3-1-2-4-15(10)21-9-11/h1-9,22H. The molecule has 0 saturated carbocycles. The maximum Gasteiger partial charge on any atom is 0.417 e. The molecule has 0 fully saturated rings. The van der Waals surface area contributed by atoms with Crippen molar-refractivity contribution in [3.8, 4) is 0 Å². The molecule has 0 radical (unpaired) electrons. The van der Waals surface area contributed by atoms with E-state index >= 15 is 0 Å². The lowest BCUT2D eigenvalue weighted by Crippen LogP contribution is -2.15. The van der Waals surface area contributed by atoms with E-state index in [2.05, 4.69) is 9.71 Å². The van der Waals surface area contributed by atoms with Crippen molar-refractivity contribution in [2.75, 3.05) is 4.72 Å². The highest BCUT2D eigenvalue weighted by Gasteiger charge is 2.34. The normalized spacial score (nSPS) is 12.3. The van der Waals surface area contributed by atoms with Crippen LogP contribution in [0.15, 0.2) is 59.6 Å². The van der Waals surface area contributed by atoms with Crippen LogP contribution in [0.25, 0.3) is 10.9 Å². The fraction of sp³-hybridized carbons (Fsp3) is 0.0625. The maximum absolute atomic E-state index is 12.9. The molecular formula is C16H10ClF3N2O2S. The molecule has 4 nitrogen and oxygen atoms in total. The van der Waals surface area contributed by atoms with Crippen molar-refractivity contribution in [2.24, 2.45) is 0 Å². The second kappa shape index (κ2) is 6.20. The topological polar surface area (TPSA) is 59.1 Å². The predicted molar refractivity (Wildman–Crippen MR) is 89.0 cm³/mol. The van der Waals surface area contributed by atoms with Gasteiger partial charge in [0.05, 0.1) is 32.9 Å². The van der Waals surface area contributed by atoms with Crippen LogP contribution in [-0.2, 0) is 16.2 Å². The van der Waals surface area contributed by atoms with Gasteiger partial charge < -0.3 is 0 Å². The molecule has 1 N–H and O–H groups in total. The van der Waals surface area contributed by atoms with E-state index in [4.69, 9.17) is 11.6 Å². The Morgan fingerprint density at radius 3 is 2.48 bits per heavy atom. The Balaban J connectivity index is 1.98. The zero-order chi connectivity index (χ0) is 18.2. The number of hydrogen-bond acceptors (Lipinski definition) is 3. The van der Waals surface area contributed by atoms with Gasteiger partial charge in [0.25, 0.3) is 10.0 Å². The fourth-order valence-electron chi connectivity index (χ4n) is 2.23. The SMILES string of the molecule is O=S(=O)(Nc1cnc2ccccc2c1)c1ccc(Cl)c(C(F)(F)F)c1. The predicted octanol–water partition coefficient (Wildman–Crippen LogP) is 4.71. The average Bonchev–Trinajstić information content (AvgIpc) is 2.53. The van der Waals surface area contributed by atoms with Gasteiger partial charge in [-0.05, 0) is 30.3 Å². The minimum absolute atomic E-state index is 0.141. The summed E-state index contributed by atoms with van der Waals surface area (Å²) in [5.41, 5.74) is -0.410. The number of para-hydroxylation sites is 1. The van der Waals surface area contributed by atoms with Crippen molar-refractivity contribution in [1.82, 2.24) is 4.98 Å². The molecule has 1 heterocycles. The zero-order valence-corrected chi connectivity index (χ0v) is 14.0. The van der Waals surface area contributed by atoms with E-state index in [-0.39, 0.29) is 5.69 Å². The number of sulfonamides is 1. The average molecular weight is 387 g/mol. The highest BCUT2D eigenvalue weighted by Crippen LogP contribution is 2.36. The third-order valence-electron chi connectivity index (χ3n) is 3.40. The number of hydrogen-bond donors (Lipinski definition) is 1. The van der Waals surface area contributed by atoms with Crippen LogP contribution in [0.1, 0.15) is 5.56 Å². The molecule has 0 aliphatic carbocycles. The minimum atomic E-state index is -4.76. The molecule has 0 aliphatic rings. The van der Waals surface area contributed by atoms with Crippen molar-refractivity contribution in [1.29, 1.82) is 0 Å². The molecule has 0 amide bonds. The summed E-state index contributed by atoms with van der Waals surface area (Å²) in [6.45, 7) is 0. The summed E-state index contributed by atoms with van der Waals surface area (Å²) in [5, 5.41) is 0.119. The smallest absolute Gasteiger partial charge is 0.278 e. The van der Waals surface area contributed by atoms with Crippen molar-refractivity contribution in [2.45, 2.75) is 11.1 Å². The van der Waals surface area contributed by atoms with Gasteiger partial charge in [-0.2, -0.15) is 13.2 Å². The lowest BCUT2D eigenvalue weighted by atomic mass is 10.2. The third kappa shape index (κ3) is 3.69. The van der Waals surface area contributed by atoms with Gasteiger partial charge in [0.15, 0.2) is 0 Å². The van der Waals surface area contributed by atoms with Crippen LogP contribution in [0.5, 0.6) is 0 Å². The van der Waals surface area contributed by atoms with Crippen LogP contribution in [0, 0.1) is 0 Å². The molecule has 0 aliphatic heterocycles. The summed E-state index contributed by atoms with van der Waals surface area (Å²) in [6.07, 6.45) is -3.46. The Bertz CT molecular complexity index is 1050. The number of fused-ring (bicyclic) bond motifs is 1. The van der Waals surface area contributed by atoms with Crippen molar-refractivity contribution in [3.63, 3.8) is 0 Å². The van der Waals surface area contributed by atoms with Gasteiger partial charge in [-0.25, -0.2) is 8.42 Å². The van der Waals surface area contributed by atoms with E-state index in [0.717, 1.165) is 12.1 Å². The van der Waals surface area contributed by atoms with Gasteiger partial charge >= 0.3 is 6.18 Å². The van der Waals surface area contributed by atoms with E-state index < -0.39 is 31.7 Å². The largest absolute Gasteiger partial charge is 0.417 e. The molecule has 0 bridgehead atoms. The summed E-state index contributed by atoms with van der Waals surface area (Å²) in [7, 11) is -4.23. The molecule has 0 atom stereocenters. The number of benzene rings is 2. The molecule has 1 aromatic heterocycles. The first-order valence-electron chi connectivity index (χ1n) is 6.91. The quantitative estimate of drug-likeness (QED) is 0.709. The first-order valence-corrected chi connectivity index (χ1v) is 8.77. The molecule has 9 heteroatoms. The number of nitrogens with zero attached hydrogens (tertiary/aromatic N) is 1. The summed E-state index contributed by atoms with van der Waals surface area (Å²) < 4.78 is 65.7. The van der Waals surface area contributed by atoms with Crippen LogP contribution in [-0.4, -0.2) is 13.4 Å². The van der Waals surface area contributed by atoms with Gasteiger partial charge in [0.2, 0.25) is 0 Å². The number of aromatic nitrogens is 1. The first-order chi connectivity index (χ1) is 11.7. The molecule has 3 aromatic rings. The number of rotatable bonds is 3. The Kier molecular flexibility index (Phi) is 4.34. The Morgan fingerprint density at radius 2 is 1.76 bits per heavy atom. The first kappa shape index (κ1) is 17.5. The molecule has 0 unspecified atom stereocenters. The summed E-state index contributed by atoms with van der Waals surface area (Å²) in [6, 6.07) is 11.0. The highest BCUT2D eigenvalue weighted by molar-refractivity contribution is 7.92. The zero-order valence-electron chi connectivity index (χ0n) is 12.4. The van der Waals surface area contributed by atoms with E-state index in [1.54, 1.807) is 30.3 Å². The molecular weight excluding hydrogens is 377 g/mol. The van der Waals surface area contributed by atoms with E-state index in [1.165, 1.54) is 6.20 Å². The van der Waals surface area contributed by atoms with Crippen molar-refractivity contribution >= 4 is 38.2 Å². The summed E-state index contributed by atoms with van der Waals surface area (Å²) >= 11 is 5.51. The second-order valence-corrected chi connectivity index (χ2v) is 7.25. The van der Waals surface area contributed by atoms with Gasteiger partial charge in [-0.15, -0.1) is 0 Å². The summed E-state index contributed by atoms with van der Waals surface area (Å²) in [4.78, 5) is 3.56. The maximum atomic E-state index is 12.9. The number of alkyl halides is 3. The lowest BCUT2D eigenvalue weighted by Gasteiger charge is -2.12. The molecule has 25 heavy (non-hydrogen) atoms. The van der Waals surface area contributed by atoms with Crippen molar-refractivity contribution < 1.29 is 21.6 Å². The number of nitrogens with one attached hydrogen (secondary N) is 1. The van der Waals surface area contributed by atoms with Crippen LogP contribution in [0.3, 0.4) is 0 Å². The number of pyridine rings is 1. The fourth-order valence-corrected chi connectivity index (χ4v) is 3.51. The van der Waals surface area contributed by atoms with E-state index in [9.17, 15) is 21.6 Å². The molecule has 2 aromatic carbocycles. The minimum Gasteiger partial charge on any atom is -0.278 e.